The fraction of sp³-hybridized carbons (Fsp3) is 0.929. The number of hydrogen-bond donors (Lipinski definition) is 1. The van der Waals surface area contributed by atoms with E-state index in [1.165, 1.54) is 38.5 Å². The number of fused-ring (bicyclic) bond motifs is 1. The van der Waals surface area contributed by atoms with Gasteiger partial charge in [-0.25, -0.2) is 0 Å². The van der Waals surface area contributed by atoms with Crippen LogP contribution in [0, 0.1) is 11.8 Å². The van der Waals surface area contributed by atoms with Gasteiger partial charge in [-0.2, -0.15) is 0 Å². The van der Waals surface area contributed by atoms with E-state index in [0.29, 0.717) is 11.9 Å². The van der Waals surface area contributed by atoms with Gasteiger partial charge in [0.15, 0.2) is 0 Å². The van der Waals surface area contributed by atoms with Gasteiger partial charge in [-0.3, -0.25) is 4.79 Å². The monoisotopic (exact) mass is 272 g/mol. The van der Waals surface area contributed by atoms with Gasteiger partial charge in [0.05, 0.1) is 5.92 Å². The molecule has 0 spiro atoms. The van der Waals surface area contributed by atoms with Crippen LogP contribution in [0.4, 0.5) is 0 Å². The predicted octanol–water partition coefficient (Wildman–Crippen LogP) is 2.20. The highest BCUT2D eigenvalue weighted by atomic mass is 35.5. The zero-order valence-electron chi connectivity index (χ0n) is 11.1. The van der Waals surface area contributed by atoms with Crippen molar-refractivity contribution in [2.75, 3.05) is 19.6 Å². The summed E-state index contributed by atoms with van der Waals surface area (Å²) in [5, 5.41) is 3.37. The summed E-state index contributed by atoms with van der Waals surface area (Å²) < 4.78 is 0. The first-order chi connectivity index (χ1) is 8.36. The number of rotatable bonds is 1. The number of carbonyl (C=O) groups excluding carboxylic acids is 1. The van der Waals surface area contributed by atoms with Gasteiger partial charge >= 0.3 is 0 Å². The average molecular weight is 273 g/mol. The van der Waals surface area contributed by atoms with Gasteiger partial charge in [-0.05, 0) is 51.0 Å². The number of nitrogens with zero attached hydrogens (tertiary/aromatic N) is 1. The molecule has 2 saturated heterocycles. The highest BCUT2D eigenvalue weighted by Gasteiger charge is 2.39. The van der Waals surface area contributed by atoms with Crippen molar-refractivity contribution in [1.82, 2.24) is 10.2 Å². The molecule has 0 bridgehead atoms. The van der Waals surface area contributed by atoms with E-state index in [4.69, 9.17) is 0 Å². The first-order valence-corrected chi connectivity index (χ1v) is 7.37. The lowest BCUT2D eigenvalue weighted by Gasteiger charge is -2.40. The summed E-state index contributed by atoms with van der Waals surface area (Å²) in [5.74, 6) is 1.54. The number of hydrogen-bond acceptors (Lipinski definition) is 2. The summed E-state index contributed by atoms with van der Waals surface area (Å²) in [6.07, 6.45) is 8.80. The zero-order chi connectivity index (χ0) is 11.7. The minimum Gasteiger partial charge on any atom is -0.339 e. The molecule has 4 heteroatoms. The molecule has 3 rings (SSSR count). The molecule has 3 aliphatic rings. The molecular formula is C14H25ClN2O. The number of carbonyl (C=O) groups is 1. The van der Waals surface area contributed by atoms with Crippen molar-refractivity contribution in [3.8, 4) is 0 Å². The van der Waals surface area contributed by atoms with Crippen molar-refractivity contribution in [2.24, 2.45) is 11.8 Å². The van der Waals surface area contributed by atoms with Crippen LogP contribution in [0.25, 0.3) is 0 Å². The molecule has 0 radical (unpaired) electrons. The summed E-state index contributed by atoms with van der Waals surface area (Å²) in [6.45, 7) is 3.03. The summed E-state index contributed by atoms with van der Waals surface area (Å²) in [7, 11) is 0. The molecule has 3 atom stereocenters. The SMILES string of the molecule is Cl.O=C(C1CCCNC1)N1CCCC2CCCC21. The van der Waals surface area contributed by atoms with Crippen LogP contribution in [0.2, 0.25) is 0 Å². The first-order valence-electron chi connectivity index (χ1n) is 7.37. The maximum absolute atomic E-state index is 12.6. The Kier molecular flexibility index (Phi) is 4.91. The van der Waals surface area contributed by atoms with E-state index in [0.717, 1.165) is 32.0 Å². The molecule has 3 fully saturated rings. The van der Waals surface area contributed by atoms with Crippen LogP contribution >= 0.6 is 12.4 Å². The Morgan fingerprint density at radius 3 is 2.67 bits per heavy atom. The van der Waals surface area contributed by atoms with Crippen molar-refractivity contribution in [2.45, 2.75) is 51.0 Å². The van der Waals surface area contributed by atoms with Crippen molar-refractivity contribution in [3.05, 3.63) is 0 Å². The molecule has 1 saturated carbocycles. The molecule has 0 aromatic carbocycles. The number of nitrogens with one attached hydrogen (secondary N) is 1. The fourth-order valence-electron chi connectivity index (χ4n) is 4.02. The topological polar surface area (TPSA) is 32.3 Å². The van der Waals surface area contributed by atoms with Gasteiger partial charge in [0.2, 0.25) is 5.91 Å². The standard InChI is InChI=1S/C14H24N2O.ClH/c17-14(12-5-2-8-15-10-12)16-9-3-6-11-4-1-7-13(11)16;/h11-13,15H,1-10H2;1H. The average Bonchev–Trinajstić information content (AvgIpc) is 2.87. The van der Waals surface area contributed by atoms with E-state index in [2.05, 4.69) is 10.2 Å². The molecule has 1 amide bonds. The third-order valence-corrected chi connectivity index (χ3v) is 4.92. The van der Waals surface area contributed by atoms with E-state index in [-0.39, 0.29) is 18.3 Å². The second-order valence-corrected chi connectivity index (χ2v) is 5.98. The van der Waals surface area contributed by atoms with E-state index < -0.39 is 0 Å². The van der Waals surface area contributed by atoms with E-state index in [1.807, 2.05) is 0 Å². The maximum Gasteiger partial charge on any atom is 0.227 e. The number of likely N-dealkylation sites (tertiary alicyclic amines) is 1. The van der Waals surface area contributed by atoms with Gasteiger partial charge in [-0.1, -0.05) is 6.42 Å². The molecule has 18 heavy (non-hydrogen) atoms. The molecule has 1 N–H and O–H groups in total. The van der Waals surface area contributed by atoms with E-state index in [1.54, 1.807) is 0 Å². The molecule has 2 heterocycles. The Balaban J connectivity index is 0.00000120. The molecule has 0 aromatic rings. The number of piperidine rings is 2. The van der Waals surface area contributed by atoms with Crippen molar-refractivity contribution >= 4 is 18.3 Å². The summed E-state index contributed by atoms with van der Waals surface area (Å²) in [6, 6.07) is 0.596. The third kappa shape index (κ3) is 2.67. The summed E-state index contributed by atoms with van der Waals surface area (Å²) in [4.78, 5) is 14.8. The largest absolute Gasteiger partial charge is 0.339 e. The molecule has 3 unspecified atom stereocenters. The van der Waals surface area contributed by atoms with Crippen LogP contribution in [0.5, 0.6) is 0 Å². The normalized spacial score (nSPS) is 35.8. The fourth-order valence-corrected chi connectivity index (χ4v) is 4.02. The first kappa shape index (κ1) is 14.1. The van der Waals surface area contributed by atoms with Gasteiger partial charge in [-0.15, -0.1) is 12.4 Å². The lowest BCUT2D eigenvalue weighted by molar-refractivity contribution is -0.140. The van der Waals surface area contributed by atoms with Crippen molar-refractivity contribution in [3.63, 3.8) is 0 Å². The Hall–Kier alpha value is -0.280. The highest BCUT2D eigenvalue weighted by Crippen LogP contribution is 2.37. The highest BCUT2D eigenvalue weighted by molar-refractivity contribution is 5.85. The second kappa shape index (κ2) is 6.25. The van der Waals surface area contributed by atoms with Crippen LogP contribution in [-0.2, 0) is 4.79 Å². The lowest BCUT2D eigenvalue weighted by atomic mass is 9.89. The van der Waals surface area contributed by atoms with Crippen molar-refractivity contribution in [1.29, 1.82) is 0 Å². The third-order valence-electron chi connectivity index (χ3n) is 4.92. The molecule has 1 aliphatic carbocycles. The maximum atomic E-state index is 12.6. The van der Waals surface area contributed by atoms with Crippen LogP contribution in [0.15, 0.2) is 0 Å². The Labute approximate surface area is 116 Å². The molecule has 2 aliphatic heterocycles. The summed E-state index contributed by atoms with van der Waals surface area (Å²) >= 11 is 0. The lowest BCUT2D eigenvalue weighted by Crippen LogP contribution is -2.51. The molecule has 3 nitrogen and oxygen atoms in total. The van der Waals surface area contributed by atoms with E-state index in [9.17, 15) is 4.79 Å². The quantitative estimate of drug-likeness (QED) is 0.794. The van der Waals surface area contributed by atoms with Crippen LogP contribution < -0.4 is 5.32 Å². The molecule has 104 valence electrons. The Morgan fingerprint density at radius 2 is 1.89 bits per heavy atom. The van der Waals surface area contributed by atoms with Gasteiger partial charge in [0.1, 0.15) is 0 Å². The van der Waals surface area contributed by atoms with Crippen LogP contribution in [0.3, 0.4) is 0 Å². The Bertz CT molecular complexity index is 292. The smallest absolute Gasteiger partial charge is 0.227 e. The minimum atomic E-state index is 0. The van der Waals surface area contributed by atoms with Gasteiger partial charge in [0.25, 0.3) is 0 Å². The van der Waals surface area contributed by atoms with Crippen LogP contribution in [-0.4, -0.2) is 36.5 Å². The van der Waals surface area contributed by atoms with Crippen LogP contribution in [0.1, 0.15) is 44.9 Å². The minimum absolute atomic E-state index is 0. The van der Waals surface area contributed by atoms with Gasteiger partial charge < -0.3 is 10.2 Å². The molecular weight excluding hydrogens is 248 g/mol. The van der Waals surface area contributed by atoms with E-state index >= 15 is 0 Å². The Morgan fingerprint density at radius 1 is 1.06 bits per heavy atom. The second-order valence-electron chi connectivity index (χ2n) is 5.98. The molecule has 0 aromatic heterocycles. The predicted molar refractivity (Wildman–Crippen MR) is 74.9 cm³/mol. The number of amides is 1. The zero-order valence-corrected chi connectivity index (χ0v) is 11.9. The van der Waals surface area contributed by atoms with Gasteiger partial charge in [0, 0.05) is 19.1 Å². The van der Waals surface area contributed by atoms with Crippen molar-refractivity contribution < 1.29 is 4.79 Å². The summed E-state index contributed by atoms with van der Waals surface area (Å²) in [5.41, 5.74) is 0. The number of halogens is 1.